The lowest BCUT2D eigenvalue weighted by Crippen LogP contribution is -2.31. The van der Waals surface area contributed by atoms with Crippen LogP contribution in [0.2, 0.25) is 0 Å². The van der Waals surface area contributed by atoms with Gasteiger partial charge in [-0.15, -0.1) is 0 Å². The number of nitrogens with zero attached hydrogens (tertiary/aromatic N) is 2. The van der Waals surface area contributed by atoms with Crippen molar-refractivity contribution < 1.29 is 4.57 Å². The van der Waals surface area contributed by atoms with E-state index in [1.54, 1.807) is 0 Å². The summed E-state index contributed by atoms with van der Waals surface area (Å²) in [7, 11) is 2.11. The first-order valence-corrected chi connectivity index (χ1v) is 11.9. The quantitative estimate of drug-likeness (QED) is 0.268. The van der Waals surface area contributed by atoms with Crippen LogP contribution in [0.3, 0.4) is 0 Å². The second-order valence-corrected chi connectivity index (χ2v) is 8.68. The van der Waals surface area contributed by atoms with E-state index in [0.29, 0.717) is 0 Å². The Hall–Kier alpha value is -4.63. The number of H-pyrrole nitrogens is 1. The van der Waals surface area contributed by atoms with Gasteiger partial charge in [0.1, 0.15) is 5.69 Å². The van der Waals surface area contributed by atoms with E-state index in [1.807, 2.05) is 6.07 Å². The van der Waals surface area contributed by atoms with Crippen LogP contribution in [0.5, 0.6) is 0 Å². The smallest absolute Gasteiger partial charge is 0.292 e. The summed E-state index contributed by atoms with van der Waals surface area (Å²) in [5.74, 6) is 1.07. The zero-order chi connectivity index (χ0) is 23.6. The van der Waals surface area contributed by atoms with Crippen LogP contribution in [0.4, 0.5) is 11.4 Å². The van der Waals surface area contributed by atoms with Crippen LogP contribution >= 0.6 is 0 Å². The third kappa shape index (κ3) is 3.98. The van der Waals surface area contributed by atoms with Gasteiger partial charge in [0.25, 0.3) is 5.82 Å². The molecule has 6 rings (SSSR count). The van der Waals surface area contributed by atoms with Crippen LogP contribution in [0.1, 0.15) is 0 Å². The molecule has 1 heterocycles. The van der Waals surface area contributed by atoms with Crippen LogP contribution in [-0.4, -0.2) is 12.0 Å². The van der Waals surface area contributed by atoms with E-state index in [0.717, 1.165) is 39.5 Å². The van der Waals surface area contributed by atoms with Crippen molar-refractivity contribution in [2.24, 2.45) is 0 Å². The van der Waals surface area contributed by atoms with Crippen molar-refractivity contribution in [1.29, 1.82) is 0 Å². The Morgan fingerprint density at radius 1 is 0.514 bits per heavy atom. The normalized spacial score (nSPS) is 11.0. The lowest BCUT2D eigenvalue weighted by atomic mass is 10.1. The fourth-order valence-electron chi connectivity index (χ4n) is 4.62. The Morgan fingerprint density at radius 3 is 1.69 bits per heavy atom. The van der Waals surface area contributed by atoms with Crippen molar-refractivity contribution in [3.8, 4) is 28.2 Å². The summed E-state index contributed by atoms with van der Waals surface area (Å²) < 4.78 is 2.29. The molecule has 168 valence electrons. The minimum absolute atomic E-state index is 1.07. The molecule has 35 heavy (non-hydrogen) atoms. The van der Waals surface area contributed by atoms with Gasteiger partial charge in [0.05, 0.1) is 5.56 Å². The molecule has 0 saturated carbocycles. The van der Waals surface area contributed by atoms with Crippen LogP contribution in [0, 0.1) is 0 Å². The summed E-state index contributed by atoms with van der Waals surface area (Å²) in [6, 6.07) is 46.9. The number of imidazole rings is 1. The Bertz CT molecular complexity index is 1570. The topological polar surface area (TPSA) is 22.9 Å². The first-order valence-electron chi connectivity index (χ1n) is 11.9. The van der Waals surface area contributed by atoms with E-state index in [1.165, 1.54) is 11.1 Å². The molecule has 3 heteroatoms. The summed E-state index contributed by atoms with van der Waals surface area (Å²) >= 11 is 0. The van der Waals surface area contributed by atoms with Crippen LogP contribution in [0.15, 0.2) is 133 Å². The predicted octanol–water partition coefficient (Wildman–Crippen LogP) is 7.55. The number of nitrogens with one attached hydrogen (secondary N) is 1. The number of hydrogen-bond acceptors (Lipinski definition) is 1. The Kier molecular flexibility index (Phi) is 5.36. The molecular weight excluding hydrogens is 426 g/mol. The van der Waals surface area contributed by atoms with Gasteiger partial charge in [-0.1, -0.05) is 72.8 Å². The maximum absolute atomic E-state index is 3.63. The number of para-hydroxylation sites is 3. The van der Waals surface area contributed by atoms with E-state index in [9.17, 15) is 0 Å². The number of benzene rings is 5. The molecule has 0 saturated heterocycles. The third-order valence-electron chi connectivity index (χ3n) is 6.53. The molecule has 0 spiro atoms. The van der Waals surface area contributed by atoms with Crippen LogP contribution < -0.4 is 9.47 Å². The molecule has 1 N–H and O–H groups in total. The molecule has 6 aromatic rings. The maximum Gasteiger partial charge on any atom is 0.292 e. The zero-order valence-corrected chi connectivity index (χ0v) is 19.6. The number of aromatic amines is 1. The second kappa shape index (κ2) is 8.96. The van der Waals surface area contributed by atoms with Crippen molar-refractivity contribution in [1.82, 2.24) is 4.98 Å². The SMILES string of the molecule is CN(c1ccc(-c2ccccc2)cc1)c1ccc(-c2[nH]c3ccccc3[n+]2-c2ccccc2)cc1. The molecule has 0 aliphatic heterocycles. The zero-order valence-electron chi connectivity index (χ0n) is 19.6. The van der Waals surface area contributed by atoms with Crippen molar-refractivity contribution in [2.45, 2.75) is 0 Å². The highest BCUT2D eigenvalue weighted by molar-refractivity contribution is 5.76. The van der Waals surface area contributed by atoms with Gasteiger partial charge in [-0.25, -0.2) is 4.98 Å². The first-order chi connectivity index (χ1) is 17.3. The first kappa shape index (κ1) is 20.9. The Balaban J connectivity index is 1.32. The number of fused-ring (bicyclic) bond motifs is 1. The summed E-state index contributed by atoms with van der Waals surface area (Å²) in [6.45, 7) is 0. The third-order valence-corrected chi connectivity index (χ3v) is 6.53. The molecule has 0 bridgehead atoms. The van der Waals surface area contributed by atoms with Gasteiger partial charge in [0, 0.05) is 18.4 Å². The molecule has 3 nitrogen and oxygen atoms in total. The molecule has 5 aromatic carbocycles. The number of anilines is 2. The Labute approximate surface area is 205 Å². The molecule has 0 amide bonds. The van der Waals surface area contributed by atoms with Gasteiger partial charge in [0.2, 0.25) is 0 Å². The van der Waals surface area contributed by atoms with Gasteiger partial charge in [-0.2, -0.15) is 4.57 Å². The summed E-state index contributed by atoms with van der Waals surface area (Å²) in [5.41, 5.74) is 9.31. The Morgan fingerprint density at radius 2 is 1.03 bits per heavy atom. The van der Waals surface area contributed by atoms with Crippen molar-refractivity contribution in [3.05, 3.63) is 133 Å². The molecule has 0 aliphatic rings. The highest BCUT2D eigenvalue weighted by atomic mass is 15.1. The molecule has 0 atom stereocenters. The van der Waals surface area contributed by atoms with E-state index in [4.69, 9.17) is 0 Å². The largest absolute Gasteiger partial charge is 0.345 e. The molecular formula is C32H26N3+. The second-order valence-electron chi connectivity index (χ2n) is 8.68. The average molecular weight is 453 g/mol. The van der Waals surface area contributed by atoms with Crippen molar-refractivity contribution in [2.75, 3.05) is 11.9 Å². The monoisotopic (exact) mass is 452 g/mol. The van der Waals surface area contributed by atoms with Gasteiger partial charge in [-0.05, 0) is 71.8 Å². The fraction of sp³-hybridized carbons (Fsp3) is 0.0312. The van der Waals surface area contributed by atoms with Gasteiger partial charge >= 0.3 is 0 Å². The summed E-state index contributed by atoms with van der Waals surface area (Å²) in [6.07, 6.45) is 0. The summed E-state index contributed by atoms with van der Waals surface area (Å²) in [5, 5.41) is 0. The minimum atomic E-state index is 1.07. The van der Waals surface area contributed by atoms with E-state index >= 15 is 0 Å². The van der Waals surface area contributed by atoms with Crippen molar-refractivity contribution in [3.63, 3.8) is 0 Å². The fourth-order valence-corrected chi connectivity index (χ4v) is 4.62. The number of aromatic nitrogens is 2. The predicted molar refractivity (Wildman–Crippen MR) is 145 cm³/mol. The van der Waals surface area contributed by atoms with Gasteiger partial charge in [-0.3, -0.25) is 0 Å². The van der Waals surface area contributed by atoms with Gasteiger partial charge in [0.15, 0.2) is 11.0 Å². The van der Waals surface area contributed by atoms with Crippen molar-refractivity contribution >= 4 is 22.4 Å². The molecule has 0 radical (unpaired) electrons. The van der Waals surface area contributed by atoms with Crippen LogP contribution in [0.25, 0.3) is 39.2 Å². The number of hydrogen-bond donors (Lipinski definition) is 1. The molecule has 0 fully saturated rings. The van der Waals surface area contributed by atoms with Crippen LogP contribution in [-0.2, 0) is 0 Å². The summed E-state index contributed by atoms with van der Waals surface area (Å²) in [4.78, 5) is 5.85. The highest BCUT2D eigenvalue weighted by Gasteiger charge is 2.21. The van der Waals surface area contributed by atoms with E-state index < -0.39 is 0 Å². The average Bonchev–Trinajstić information content (AvgIpc) is 3.33. The van der Waals surface area contributed by atoms with E-state index in [2.05, 4.69) is 149 Å². The molecule has 1 aromatic heterocycles. The van der Waals surface area contributed by atoms with Gasteiger partial charge < -0.3 is 4.90 Å². The molecule has 0 aliphatic carbocycles. The number of rotatable bonds is 5. The maximum atomic E-state index is 3.63. The minimum Gasteiger partial charge on any atom is -0.345 e. The molecule has 0 unspecified atom stereocenters. The lowest BCUT2D eigenvalue weighted by molar-refractivity contribution is -0.554. The lowest BCUT2D eigenvalue weighted by Gasteiger charge is -2.20. The standard InChI is InChI=1S/C32H25N3/c1-34(27-20-16-25(17-21-27)24-10-4-2-5-11-24)28-22-18-26(19-23-28)32-33-30-14-8-9-15-31(30)35(32)29-12-6-3-7-13-29/h2-23H,1H3/p+1. The van der Waals surface area contributed by atoms with E-state index in [-0.39, 0.29) is 0 Å². The highest BCUT2D eigenvalue weighted by Crippen LogP contribution is 2.29.